The van der Waals surface area contributed by atoms with E-state index in [1.807, 2.05) is 48.5 Å². The lowest BCUT2D eigenvalue weighted by atomic mass is 9.84. The van der Waals surface area contributed by atoms with Crippen LogP contribution in [-0.2, 0) is 19.2 Å². The van der Waals surface area contributed by atoms with Gasteiger partial charge < -0.3 is 31.3 Å². The molecule has 2 saturated carbocycles. The van der Waals surface area contributed by atoms with E-state index in [9.17, 15) is 29.1 Å². The van der Waals surface area contributed by atoms with Crippen LogP contribution in [0.15, 0.2) is 18.6 Å². The molecule has 0 aromatic carbocycles. The molecule has 3 fully saturated rings. The van der Waals surface area contributed by atoms with Crippen molar-refractivity contribution in [2.75, 3.05) is 6.54 Å². The maximum absolute atomic E-state index is 14.6. The number of hydrogen-bond donors (Lipinski definition) is 5. The second-order valence-corrected chi connectivity index (χ2v) is 16.6. The van der Waals surface area contributed by atoms with Crippen LogP contribution in [0.3, 0.4) is 0 Å². The number of carbonyl (C=O) groups is 5. The SMILES string of the molecule is CCC[C@H](NC(=O)[C@@H]1[C@H]2CCC[C@H]2CN1C(=O)[C@@H](NC(=O)[C@@H](NC(=O)c1cnccn1)C(C)CC)C(C)(C)C)C(O)C(=O)N[C@@H](C)C1CCCCC1. The van der Waals surface area contributed by atoms with Gasteiger partial charge in [0.15, 0.2) is 6.10 Å². The van der Waals surface area contributed by atoms with Gasteiger partial charge in [-0.1, -0.05) is 80.1 Å². The first-order valence-corrected chi connectivity index (χ1v) is 19.6. The Morgan fingerprint density at radius 3 is 2.23 bits per heavy atom. The van der Waals surface area contributed by atoms with Crippen LogP contribution < -0.4 is 21.3 Å². The summed E-state index contributed by atoms with van der Waals surface area (Å²) in [4.78, 5) is 78.8. The molecule has 2 aliphatic carbocycles. The summed E-state index contributed by atoms with van der Waals surface area (Å²) < 4.78 is 0. The summed E-state index contributed by atoms with van der Waals surface area (Å²) in [5, 5.41) is 23.0. The zero-order valence-electron chi connectivity index (χ0n) is 32.3. The molecule has 5 amide bonds. The van der Waals surface area contributed by atoms with Crippen molar-refractivity contribution in [3.05, 3.63) is 24.3 Å². The Hall–Kier alpha value is -3.61. The van der Waals surface area contributed by atoms with E-state index in [-0.39, 0.29) is 41.3 Å². The highest BCUT2D eigenvalue weighted by Gasteiger charge is 2.52. The van der Waals surface area contributed by atoms with Gasteiger partial charge in [0.25, 0.3) is 11.8 Å². The van der Waals surface area contributed by atoms with Gasteiger partial charge in [-0.05, 0) is 68.1 Å². The molecule has 52 heavy (non-hydrogen) atoms. The number of amides is 5. The lowest BCUT2D eigenvalue weighted by Gasteiger charge is -2.38. The number of nitrogens with zero attached hydrogens (tertiary/aromatic N) is 3. The van der Waals surface area contributed by atoms with E-state index >= 15 is 0 Å². The average molecular weight is 726 g/mol. The fourth-order valence-corrected chi connectivity index (χ4v) is 8.38. The molecule has 9 atom stereocenters. The van der Waals surface area contributed by atoms with Crippen molar-refractivity contribution in [1.29, 1.82) is 0 Å². The topological polar surface area (TPSA) is 183 Å². The number of carbonyl (C=O) groups excluding carboxylic acids is 5. The molecule has 1 aromatic heterocycles. The normalized spacial score (nSPS) is 24.1. The zero-order valence-corrected chi connectivity index (χ0v) is 32.3. The van der Waals surface area contributed by atoms with Gasteiger partial charge in [-0.3, -0.25) is 29.0 Å². The minimum atomic E-state index is -1.43. The molecule has 1 saturated heterocycles. The van der Waals surface area contributed by atoms with Crippen LogP contribution in [0.1, 0.15) is 130 Å². The molecule has 0 radical (unpaired) electrons. The maximum Gasteiger partial charge on any atom is 0.272 e. The van der Waals surface area contributed by atoms with Crippen molar-refractivity contribution in [3.63, 3.8) is 0 Å². The molecule has 5 N–H and O–H groups in total. The molecule has 4 rings (SSSR count). The average Bonchev–Trinajstić information content (AvgIpc) is 3.73. The van der Waals surface area contributed by atoms with Crippen LogP contribution in [0, 0.1) is 29.1 Å². The summed E-state index contributed by atoms with van der Waals surface area (Å²) in [5.74, 6) is -2.13. The Labute approximate surface area is 309 Å². The van der Waals surface area contributed by atoms with Gasteiger partial charge in [-0.2, -0.15) is 0 Å². The number of likely N-dealkylation sites (tertiary alicyclic amines) is 1. The van der Waals surface area contributed by atoms with E-state index in [1.165, 1.54) is 25.0 Å². The Bertz CT molecular complexity index is 1380. The molecule has 3 aliphatic rings. The number of rotatable bonds is 15. The predicted molar refractivity (Wildman–Crippen MR) is 197 cm³/mol. The van der Waals surface area contributed by atoms with Crippen LogP contribution in [0.2, 0.25) is 0 Å². The Morgan fingerprint density at radius 1 is 0.904 bits per heavy atom. The van der Waals surface area contributed by atoms with Crippen molar-refractivity contribution in [2.24, 2.45) is 29.1 Å². The molecule has 1 aliphatic heterocycles. The second-order valence-electron chi connectivity index (χ2n) is 16.6. The summed E-state index contributed by atoms with van der Waals surface area (Å²) in [6.07, 6.45) is 12.6. The predicted octanol–water partition coefficient (Wildman–Crippen LogP) is 3.51. The molecule has 1 aromatic rings. The molecule has 13 nitrogen and oxygen atoms in total. The maximum atomic E-state index is 14.6. The molecular weight excluding hydrogens is 662 g/mol. The standard InChI is InChI=1S/C39H63N7O6/c1-8-14-28(32(47)37(51)42-24(4)25-15-11-10-12-16-25)43-36(50)31-27-18-13-17-26(27)22-46(31)38(52)33(39(5,6)7)45-35(49)30(23(3)9-2)44-34(48)29-21-40-19-20-41-29/h19-21,23-28,30-33,47H,8-18,22H2,1-7H3,(H,42,51)(H,43,50)(H,44,48)(H,45,49)/t23?,24-,26-,27-,28-,30-,31-,32?,33+/m0/s1. The van der Waals surface area contributed by atoms with Gasteiger partial charge in [0, 0.05) is 25.0 Å². The van der Waals surface area contributed by atoms with Crippen molar-refractivity contribution in [1.82, 2.24) is 36.1 Å². The third kappa shape index (κ3) is 10.1. The third-order valence-electron chi connectivity index (χ3n) is 11.7. The monoisotopic (exact) mass is 725 g/mol. The molecule has 0 spiro atoms. The van der Waals surface area contributed by atoms with Gasteiger partial charge in [0.1, 0.15) is 23.8 Å². The zero-order chi connectivity index (χ0) is 38.2. The van der Waals surface area contributed by atoms with Crippen LogP contribution >= 0.6 is 0 Å². The van der Waals surface area contributed by atoms with Crippen LogP contribution in [0.5, 0.6) is 0 Å². The minimum Gasteiger partial charge on any atom is -0.381 e. The van der Waals surface area contributed by atoms with E-state index in [0.29, 0.717) is 31.7 Å². The van der Waals surface area contributed by atoms with Crippen LogP contribution in [0.25, 0.3) is 0 Å². The molecule has 290 valence electrons. The largest absolute Gasteiger partial charge is 0.381 e. The summed E-state index contributed by atoms with van der Waals surface area (Å²) in [7, 11) is 0. The minimum absolute atomic E-state index is 0.0704. The highest BCUT2D eigenvalue weighted by atomic mass is 16.3. The number of aromatic nitrogens is 2. The third-order valence-corrected chi connectivity index (χ3v) is 11.7. The number of hydrogen-bond acceptors (Lipinski definition) is 8. The van der Waals surface area contributed by atoms with Gasteiger partial charge in [-0.15, -0.1) is 0 Å². The van der Waals surface area contributed by atoms with E-state index in [1.54, 1.807) is 4.90 Å². The lowest BCUT2D eigenvalue weighted by molar-refractivity contribution is -0.146. The number of aliphatic hydroxyl groups is 1. The Morgan fingerprint density at radius 2 is 1.62 bits per heavy atom. The molecule has 2 unspecified atom stereocenters. The fraction of sp³-hybridized carbons (Fsp3) is 0.769. The summed E-state index contributed by atoms with van der Waals surface area (Å²) in [6, 6.07) is -3.65. The molecule has 0 bridgehead atoms. The molecule has 13 heteroatoms. The first kappa shape index (κ1) is 41.2. The van der Waals surface area contributed by atoms with Gasteiger partial charge >= 0.3 is 0 Å². The van der Waals surface area contributed by atoms with Gasteiger partial charge in [0.2, 0.25) is 17.7 Å². The quantitative estimate of drug-likeness (QED) is 0.182. The van der Waals surface area contributed by atoms with Gasteiger partial charge in [-0.25, -0.2) is 4.98 Å². The van der Waals surface area contributed by atoms with E-state index in [4.69, 9.17) is 0 Å². The smallest absolute Gasteiger partial charge is 0.272 e. The van der Waals surface area contributed by atoms with Crippen LogP contribution in [-0.4, -0.2) is 92.4 Å². The van der Waals surface area contributed by atoms with Crippen molar-refractivity contribution in [3.8, 4) is 0 Å². The van der Waals surface area contributed by atoms with Gasteiger partial charge in [0.05, 0.1) is 12.2 Å². The number of aliphatic hydroxyl groups excluding tert-OH is 1. The van der Waals surface area contributed by atoms with Crippen molar-refractivity contribution >= 4 is 29.5 Å². The summed E-state index contributed by atoms with van der Waals surface area (Å²) >= 11 is 0. The second kappa shape index (κ2) is 18.4. The Kier molecular flexibility index (Phi) is 14.6. The van der Waals surface area contributed by atoms with E-state index in [0.717, 1.165) is 44.9 Å². The highest BCUT2D eigenvalue weighted by Crippen LogP contribution is 2.43. The first-order valence-electron chi connectivity index (χ1n) is 19.6. The van der Waals surface area contributed by atoms with E-state index in [2.05, 4.69) is 31.2 Å². The summed E-state index contributed by atoms with van der Waals surface area (Å²) in [6.45, 7) is 13.7. The highest BCUT2D eigenvalue weighted by molar-refractivity contribution is 5.98. The van der Waals surface area contributed by atoms with Crippen molar-refractivity contribution < 1.29 is 29.1 Å². The Balaban J connectivity index is 1.52. The molecular formula is C39H63N7O6. The number of fused-ring (bicyclic) bond motifs is 1. The lowest BCUT2D eigenvalue weighted by Crippen LogP contribution is -2.62. The number of nitrogens with one attached hydrogen (secondary N) is 4. The van der Waals surface area contributed by atoms with Crippen LogP contribution in [0.4, 0.5) is 0 Å². The summed E-state index contributed by atoms with van der Waals surface area (Å²) in [5.41, 5.74) is -0.665. The van der Waals surface area contributed by atoms with Crippen molar-refractivity contribution in [2.45, 2.75) is 155 Å². The fourth-order valence-electron chi connectivity index (χ4n) is 8.38. The van der Waals surface area contributed by atoms with E-state index < -0.39 is 53.4 Å². The first-order chi connectivity index (χ1) is 24.7. The molecule has 2 heterocycles.